The molecule has 114 valence electrons. The molecular formula is C18H26N2O. The van der Waals surface area contributed by atoms with E-state index in [0.717, 1.165) is 36.1 Å². The van der Waals surface area contributed by atoms with E-state index in [-0.39, 0.29) is 0 Å². The quantitative estimate of drug-likeness (QED) is 0.848. The summed E-state index contributed by atoms with van der Waals surface area (Å²) in [4.78, 5) is 14.9. The van der Waals surface area contributed by atoms with Crippen LogP contribution in [0.25, 0.3) is 0 Å². The lowest BCUT2D eigenvalue weighted by atomic mass is 9.72. The van der Waals surface area contributed by atoms with Gasteiger partial charge in [0.25, 0.3) is 0 Å². The van der Waals surface area contributed by atoms with Gasteiger partial charge in [-0.3, -0.25) is 4.79 Å². The van der Waals surface area contributed by atoms with Crippen LogP contribution in [-0.4, -0.2) is 23.4 Å². The van der Waals surface area contributed by atoms with Crippen LogP contribution in [0.15, 0.2) is 24.3 Å². The smallest absolute Gasteiger partial charge is 0.227 e. The monoisotopic (exact) mass is 286 g/mol. The molecule has 1 saturated carbocycles. The van der Waals surface area contributed by atoms with Crippen LogP contribution in [0.5, 0.6) is 0 Å². The molecule has 0 aromatic heterocycles. The highest BCUT2D eigenvalue weighted by molar-refractivity contribution is 5.79. The Balaban J connectivity index is 1.69. The molecule has 0 radical (unpaired) electrons. The standard InChI is InChI=1S/C18H26N2O/c1-13-10-11-20(17-5-3-2-4-16(13)17)18(21)12-14-6-8-15(19)9-7-14/h6-9,13,16-17H,2-5,10-12,19H2,1H3. The number of hydrogen-bond acceptors (Lipinski definition) is 2. The van der Waals surface area contributed by atoms with Gasteiger partial charge in [-0.15, -0.1) is 0 Å². The van der Waals surface area contributed by atoms with Gasteiger partial charge in [0.1, 0.15) is 0 Å². The molecule has 0 bridgehead atoms. The van der Waals surface area contributed by atoms with E-state index in [2.05, 4.69) is 11.8 Å². The maximum absolute atomic E-state index is 12.7. The minimum Gasteiger partial charge on any atom is -0.399 e. The Morgan fingerprint density at radius 1 is 1.19 bits per heavy atom. The summed E-state index contributed by atoms with van der Waals surface area (Å²) in [5.74, 6) is 1.79. The second-order valence-corrected chi connectivity index (χ2v) is 6.79. The molecule has 1 saturated heterocycles. The normalized spacial score (nSPS) is 29.0. The van der Waals surface area contributed by atoms with Crippen LogP contribution in [0.2, 0.25) is 0 Å². The van der Waals surface area contributed by atoms with E-state index >= 15 is 0 Å². The highest BCUT2D eigenvalue weighted by atomic mass is 16.2. The topological polar surface area (TPSA) is 46.3 Å². The zero-order valence-corrected chi connectivity index (χ0v) is 12.9. The number of nitrogens with zero attached hydrogens (tertiary/aromatic N) is 1. The molecule has 21 heavy (non-hydrogen) atoms. The molecule has 0 spiro atoms. The average molecular weight is 286 g/mol. The maximum Gasteiger partial charge on any atom is 0.227 e. The average Bonchev–Trinajstić information content (AvgIpc) is 2.50. The Labute approximate surface area is 127 Å². The summed E-state index contributed by atoms with van der Waals surface area (Å²) in [6.07, 6.45) is 6.79. The molecule has 3 unspecified atom stereocenters. The zero-order valence-electron chi connectivity index (χ0n) is 12.9. The first-order valence-electron chi connectivity index (χ1n) is 8.29. The highest BCUT2D eigenvalue weighted by Crippen LogP contribution is 2.38. The van der Waals surface area contributed by atoms with Crippen LogP contribution in [0, 0.1) is 11.8 Å². The molecule has 2 fully saturated rings. The number of carbonyl (C=O) groups is 1. The number of anilines is 1. The van der Waals surface area contributed by atoms with Crippen molar-refractivity contribution < 1.29 is 4.79 Å². The molecule has 1 amide bonds. The van der Waals surface area contributed by atoms with Crippen LogP contribution in [0.1, 0.15) is 44.6 Å². The van der Waals surface area contributed by atoms with Gasteiger partial charge in [-0.25, -0.2) is 0 Å². The summed E-state index contributed by atoms with van der Waals surface area (Å²) in [7, 11) is 0. The van der Waals surface area contributed by atoms with Gasteiger partial charge in [-0.2, -0.15) is 0 Å². The van der Waals surface area contributed by atoms with Crippen LogP contribution < -0.4 is 5.73 Å². The molecule has 1 aromatic rings. The summed E-state index contributed by atoms with van der Waals surface area (Å²) >= 11 is 0. The first-order chi connectivity index (χ1) is 10.1. The number of nitrogen functional groups attached to an aromatic ring is 1. The lowest BCUT2D eigenvalue weighted by Gasteiger charge is -2.47. The summed E-state index contributed by atoms with van der Waals surface area (Å²) in [6, 6.07) is 8.19. The SMILES string of the molecule is CC1CCN(C(=O)Cc2ccc(N)cc2)C2CCCCC12. The lowest BCUT2D eigenvalue weighted by Crippen LogP contribution is -2.52. The van der Waals surface area contributed by atoms with Gasteiger partial charge in [0.2, 0.25) is 5.91 Å². The number of amides is 1. The van der Waals surface area contributed by atoms with Crippen molar-refractivity contribution in [1.82, 2.24) is 4.90 Å². The van der Waals surface area contributed by atoms with Gasteiger partial charge in [-0.05, 0) is 48.8 Å². The second kappa shape index (κ2) is 6.08. The minimum atomic E-state index is 0.295. The van der Waals surface area contributed by atoms with Gasteiger partial charge < -0.3 is 10.6 Å². The number of piperidine rings is 1. The third kappa shape index (κ3) is 3.07. The third-order valence-corrected chi connectivity index (χ3v) is 5.39. The summed E-state index contributed by atoms with van der Waals surface area (Å²) in [6.45, 7) is 3.31. The number of nitrogens with two attached hydrogens (primary N) is 1. The van der Waals surface area contributed by atoms with E-state index in [0.29, 0.717) is 18.4 Å². The predicted molar refractivity (Wildman–Crippen MR) is 85.8 cm³/mol. The number of rotatable bonds is 2. The minimum absolute atomic E-state index is 0.295. The molecule has 1 aliphatic carbocycles. The molecule has 2 N–H and O–H groups in total. The van der Waals surface area contributed by atoms with Gasteiger partial charge in [0, 0.05) is 18.3 Å². The molecule has 2 aliphatic rings. The molecule has 1 aliphatic heterocycles. The van der Waals surface area contributed by atoms with Gasteiger partial charge in [0.05, 0.1) is 6.42 Å². The van der Waals surface area contributed by atoms with Crippen molar-refractivity contribution in [1.29, 1.82) is 0 Å². The fourth-order valence-corrected chi connectivity index (χ4v) is 4.13. The Hall–Kier alpha value is -1.51. The van der Waals surface area contributed by atoms with E-state index in [1.54, 1.807) is 0 Å². The lowest BCUT2D eigenvalue weighted by molar-refractivity contribution is -0.138. The zero-order chi connectivity index (χ0) is 14.8. The molecule has 3 rings (SSSR count). The van der Waals surface area contributed by atoms with Crippen LogP contribution >= 0.6 is 0 Å². The molecule has 1 aromatic carbocycles. The fourth-order valence-electron chi connectivity index (χ4n) is 4.13. The second-order valence-electron chi connectivity index (χ2n) is 6.79. The van der Waals surface area contributed by atoms with Crippen molar-refractivity contribution in [2.75, 3.05) is 12.3 Å². The van der Waals surface area contributed by atoms with Crippen molar-refractivity contribution in [2.45, 2.75) is 51.5 Å². The van der Waals surface area contributed by atoms with E-state index in [9.17, 15) is 4.79 Å². The maximum atomic E-state index is 12.7. The molecule has 3 atom stereocenters. The molecule has 3 nitrogen and oxygen atoms in total. The van der Waals surface area contributed by atoms with Gasteiger partial charge in [0.15, 0.2) is 0 Å². The number of hydrogen-bond donors (Lipinski definition) is 1. The third-order valence-electron chi connectivity index (χ3n) is 5.39. The predicted octanol–water partition coefficient (Wildman–Crippen LogP) is 3.24. The number of benzene rings is 1. The molecule has 1 heterocycles. The Kier molecular flexibility index (Phi) is 4.18. The van der Waals surface area contributed by atoms with Crippen LogP contribution in [0.3, 0.4) is 0 Å². The van der Waals surface area contributed by atoms with Gasteiger partial charge >= 0.3 is 0 Å². The van der Waals surface area contributed by atoms with E-state index in [1.807, 2.05) is 24.3 Å². The Morgan fingerprint density at radius 3 is 2.67 bits per heavy atom. The summed E-state index contributed by atoms with van der Waals surface area (Å²) in [5, 5.41) is 0. The van der Waals surface area contributed by atoms with Crippen molar-refractivity contribution in [3.63, 3.8) is 0 Å². The van der Waals surface area contributed by atoms with E-state index in [4.69, 9.17) is 5.73 Å². The van der Waals surface area contributed by atoms with Crippen molar-refractivity contribution in [3.05, 3.63) is 29.8 Å². The van der Waals surface area contributed by atoms with Gasteiger partial charge in [-0.1, -0.05) is 31.9 Å². The van der Waals surface area contributed by atoms with Crippen LogP contribution in [0.4, 0.5) is 5.69 Å². The van der Waals surface area contributed by atoms with Crippen molar-refractivity contribution in [2.24, 2.45) is 11.8 Å². The highest BCUT2D eigenvalue weighted by Gasteiger charge is 2.39. The number of carbonyl (C=O) groups excluding carboxylic acids is 1. The Bertz CT molecular complexity index is 496. The molecular weight excluding hydrogens is 260 g/mol. The number of fused-ring (bicyclic) bond motifs is 1. The van der Waals surface area contributed by atoms with Crippen molar-refractivity contribution in [3.8, 4) is 0 Å². The van der Waals surface area contributed by atoms with Crippen molar-refractivity contribution >= 4 is 11.6 Å². The van der Waals surface area contributed by atoms with E-state index < -0.39 is 0 Å². The number of likely N-dealkylation sites (tertiary alicyclic amines) is 1. The summed E-state index contributed by atoms with van der Waals surface area (Å²) < 4.78 is 0. The first kappa shape index (κ1) is 14.4. The molecule has 3 heteroatoms. The van der Waals surface area contributed by atoms with Crippen LogP contribution in [-0.2, 0) is 11.2 Å². The summed E-state index contributed by atoms with van der Waals surface area (Å²) in [5.41, 5.74) is 7.53. The first-order valence-corrected chi connectivity index (χ1v) is 8.29. The fraction of sp³-hybridized carbons (Fsp3) is 0.611. The largest absolute Gasteiger partial charge is 0.399 e. The van der Waals surface area contributed by atoms with E-state index in [1.165, 1.54) is 25.7 Å². The Morgan fingerprint density at radius 2 is 1.90 bits per heavy atom.